The Hall–Kier alpha value is -0.300. The van der Waals surface area contributed by atoms with Gasteiger partial charge in [-0.25, -0.2) is 0 Å². The first kappa shape index (κ1) is 12.8. The molecule has 84 valence electrons. The summed E-state index contributed by atoms with van der Waals surface area (Å²) in [6.07, 6.45) is -5.03. The van der Waals surface area contributed by atoms with Gasteiger partial charge in [0.1, 0.15) is 0 Å². The van der Waals surface area contributed by atoms with E-state index in [0.717, 1.165) is 9.13 Å². The third kappa shape index (κ3) is 4.83. The van der Waals surface area contributed by atoms with Crippen LogP contribution < -0.4 is 5.73 Å². The second-order valence-corrected chi connectivity index (χ2v) is 4.56. The van der Waals surface area contributed by atoms with Crippen molar-refractivity contribution >= 4 is 22.6 Å². The minimum atomic E-state index is -4.13. The maximum atomic E-state index is 12.0. The quantitative estimate of drug-likeness (QED) is 0.842. The minimum absolute atomic E-state index is 0.0659. The van der Waals surface area contributed by atoms with Gasteiger partial charge in [-0.15, -0.1) is 0 Å². The molecule has 1 nitrogen and oxygen atoms in total. The van der Waals surface area contributed by atoms with E-state index in [9.17, 15) is 13.2 Å². The molecule has 0 heterocycles. The van der Waals surface area contributed by atoms with Crippen molar-refractivity contribution in [2.75, 3.05) is 0 Å². The summed E-state index contributed by atoms with van der Waals surface area (Å²) in [5.74, 6) is 0. The number of rotatable bonds is 3. The lowest BCUT2D eigenvalue weighted by Crippen LogP contribution is -2.15. The molecule has 15 heavy (non-hydrogen) atoms. The van der Waals surface area contributed by atoms with E-state index in [1.54, 1.807) is 12.1 Å². The highest BCUT2D eigenvalue weighted by Gasteiger charge is 2.27. The zero-order valence-corrected chi connectivity index (χ0v) is 10.0. The lowest BCUT2D eigenvalue weighted by Gasteiger charge is -2.13. The fourth-order valence-corrected chi connectivity index (χ4v) is 1.79. The number of hydrogen-bond acceptors (Lipinski definition) is 1. The lowest BCUT2D eigenvalue weighted by atomic mass is 10.0. The Balaban J connectivity index is 2.58. The van der Waals surface area contributed by atoms with Crippen molar-refractivity contribution in [2.24, 2.45) is 5.73 Å². The van der Waals surface area contributed by atoms with Crippen molar-refractivity contribution < 1.29 is 13.2 Å². The van der Waals surface area contributed by atoms with Crippen LogP contribution in [-0.4, -0.2) is 6.18 Å². The van der Waals surface area contributed by atoms with E-state index >= 15 is 0 Å². The molecular formula is C10H11F3IN. The highest BCUT2D eigenvalue weighted by molar-refractivity contribution is 14.1. The molecule has 0 saturated heterocycles. The predicted molar refractivity (Wildman–Crippen MR) is 61.4 cm³/mol. The lowest BCUT2D eigenvalue weighted by molar-refractivity contribution is -0.136. The maximum Gasteiger partial charge on any atom is 0.389 e. The first-order valence-corrected chi connectivity index (χ1v) is 5.54. The summed E-state index contributed by atoms with van der Waals surface area (Å²) in [5, 5.41) is 0. The molecule has 0 aliphatic carbocycles. The van der Waals surface area contributed by atoms with Gasteiger partial charge in [0.05, 0.1) is 0 Å². The Morgan fingerprint density at radius 2 is 2.00 bits per heavy atom. The smallest absolute Gasteiger partial charge is 0.324 e. The molecular weight excluding hydrogens is 318 g/mol. The Bertz CT molecular complexity index is 325. The van der Waals surface area contributed by atoms with Crippen molar-refractivity contribution in [1.82, 2.24) is 0 Å². The van der Waals surface area contributed by atoms with Gasteiger partial charge in [-0.1, -0.05) is 12.1 Å². The number of alkyl halides is 3. The molecule has 1 atom stereocenters. The molecule has 2 N–H and O–H groups in total. The molecule has 0 amide bonds. The number of hydrogen-bond donors (Lipinski definition) is 1. The summed E-state index contributed by atoms with van der Waals surface area (Å²) in [6.45, 7) is 0. The van der Waals surface area contributed by atoms with E-state index < -0.39 is 18.6 Å². The zero-order valence-electron chi connectivity index (χ0n) is 7.89. The molecule has 1 aromatic rings. The van der Waals surface area contributed by atoms with E-state index in [-0.39, 0.29) is 6.42 Å². The highest BCUT2D eigenvalue weighted by Crippen LogP contribution is 2.26. The molecule has 5 heteroatoms. The summed E-state index contributed by atoms with van der Waals surface area (Å²) < 4.78 is 36.8. The van der Waals surface area contributed by atoms with Gasteiger partial charge in [0.25, 0.3) is 0 Å². The van der Waals surface area contributed by atoms with Crippen molar-refractivity contribution in [1.29, 1.82) is 0 Å². The van der Waals surface area contributed by atoms with Gasteiger partial charge >= 0.3 is 6.18 Å². The van der Waals surface area contributed by atoms with Gasteiger partial charge in [-0.2, -0.15) is 13.2 Å². The zero-order chi connectivity index (χ0) is 11.5. The van der Waals surface area contributed by atoms with Crippen LogP contribution in [0.5, 0.6) is 0 Å². The second kappa shape index (κ2) is 5.16. The maximum absolute atomic E-state index is 12.0. The largest absolute Gasteiger partial charge is 0.389 e. The molecule has 0 radical (unpaired) electrons. The van der Waals surface area contributed by atoms with Crippen LogP contribution in [0.1, 0.15) is 24.4 Å². The van der Waals surface area contributed by atoms with Crippen LogP contribution >= 0.6 is 22.6 Å². The first-order valence-electron chi connectivity index (χ1n) is 4.46. The van der Waals surface area contributed by atoms with Crippen LogP contribution in [-0.2, 0) is 0 Å². The Morgan fingerprint density at radius 1 is 1.33 bits per heavy atom. The second-order valence-electron chi connectivity index (χ2n) is 3.32. The topological polar surface area (TPSA) is 26.0 Å². The van der Waals surface area contributed by atoms with Gasteiger partial charge in [-0.05, 0) is 46.7 Å². The van der Waals surface area contributed by atoms with E-state index in [0.29, 0.717) is 0 Å². The molecule has 0 saturated carbocycles. The van der Waals surface area contributed by atoms with Gasteiger partial charge in [0, 0.05) is 16.0 Å². The molecule has 0 bridgehead atoms. The van der Waals surface area contributed by atoms with Crippen molar-refractivity contribution in [3.8, 4) is 0 Å². The van der Waals surface area contributed by atoms with E-state index in [2.05, 4.69) is 22.6 Å². The SMILES string of the molecule is N[C@H](CCC(F)(F)F)c1cccc(I)c1. The number of halogens is 4. The van der Waals surface area contributed by atoms with Gasteiger partial charge in [-0.3, -0.25) is 0 Å². The summed E-state index contributed by atoms with van der Waals surface area (Å²) in [7, 11) is 0. The third-order valence-corrected chi connectivity index (χ3v) is 2.69. The molecule has 0 aromatic heterocycles. The molecule has 1 aromatic carbocycles. The summed E-state index contributed by atoms with van der Waals surface area (Å²) in [6, 6.07) is 6.69. The van der Waals surface area contributed by atoms with Crippen molar-refractivity contribution in [2.45, 2.75) is 25.1 Å². The fourth-order valence-electron chi connectivity index (χ4n) is 1.22. The van der Waals surface area contributed by atoms with Gasteiger partial charge in [0.2, 0.25) is 0 Å². The van der Waals surface area contributed by atoms with Crippen molar-refractivity contribution in [3.63, 3.8) is 0 Å². The van der Waals surface area contributed by atoms with E-state index in [1.165, 1.54) is 0 Å². The average Bonchev–Trinajstić information content (AvgIpc) is 2.13. The highest BCUT2D eigenvalue weighted by atomic mass is 127. The molecule has 0 unspecified atom stereocenters. The molecule has 0 aliphatic rings. The standard InChI is InChI=1S/C10H11F3IN/c11-10(12,13)5-4-9(15)7-2-1-3-8(14)6-7/h1-3,6,9H,4-5,15H2/t9-/m1/s1. The van der Waals surface area contributed by atoms with Crippen molar-refractivity contribution in [3.05, 3.63) is 33.4 Å². The number of benzene rings is 1. The van der Waals surface area contributed by atoms with E-state index in [1.807, 2.05) is 12.1 Å². The van der Waals surface area contributed by atoms with E-state index in [4.69, 9.17) is 5.73 Å². The number of nitrogens with two attached hydrogens (primary N) is 1. The normalized spacial score (nSPS) is 13.9. The van der Waals surface area contributed by atoms with Gasteiger partial charge < -0.3 is 5.73 Å². The summed E-state index contributed by atoms with van der Waals surface area (Å²) in [4.78, 5) is 0. The summed E-state index contributed by atoms with van der Waals surface area (Å²) >= 11 is 2.11. The fraction of sp³-hybridized carbons (Fsp3) is 0.400. The summed E-state index contributed by atoms with van der Waals surface area (Å²) in [5.41, 5.74) is 6.42. The Kier molecular flexibility index (Phi) is 4.39. The monoisotopic (exact) mass is 329 g/mol. The van der Waals surface area contributed by atoms with Crippen LogP contribution in [0.2, 0.25) is 0 Å². The average molecular weight is 329 g/mol. The van der Waals surface area contributed by atoms with Crippen LogP contribution in [0, 0.1) is 3.57 Å². The van der Waals surface area contributed by atoms with Crippen LogP contribution in [0.15, 0.2) is 24.3 Å². The molecule has 0 spiro atoms. The van der Waals surface area contributed by atoms with Crippen LogP contribution in [0.25, 0.3) is 0 Å². The molecule has 0 aliphatic heterocycles. The van der Waals surface area contributed by atoms with Crippen LogP contribution in [0.3, 0.4) is 0 Å². The minimum Gasteiger partial charge on any atom is -0.324 e. The Labute approximate surface area is 100.0 Å². The third-order valence-electron chi connectivity index (χ3n) is 2.02. The Morgan fingerprint density at radius 3 is 2.53 bits per heavy atom. The van der Waals surface area contributed by atoms with Gasteiger partial charge in [0.15, 0.2) is 0 Å². The predicted octanol–water partition coefficient (Wildman–Crippen LogP) is 3.63. The molecule has 1 rings (SSSR count). The van der Waals surface area contributed by atoms with Crippen LogP contribution in [0.4, 0.5) is 13.2 Å². The molecule has 0 fully saturated rings. The first-order chi connectivity index (χ1) is 6.88.